The molecule has 0 heterocycles. The molecule has 0 saturated carbocycles. The van der Waals surface area contributed by atoms with Crippen LogP contribution in [0.25, 0.3) is 0 Å². The van der Waals surface area contributed by atoms with E-state index in [-0.39, 0.29) is 11.2 Å². The maximum Gasteiger partial charge on any atom is 0.335 e. The van der Waals surface area contributed by atoms with Crippen molar-refractivity contribution in [1.29, 1.82) is 0 Å². The highest BCUT2D eigenvalue weighted by Gasteiger charge is 2.33. The molecular weight excluding hydrogens is 364 g/mol. The molecule has 0 saturated heterocycles. The second-order valence-electron chi connectivity index (χ2n) is 8.47. The summed E-state index contributed by atoms with van der Waals surface area (Å²) in [5.74, 6) is -1.07. The van der Waals surface area contributed by atoms with E-state index in [0.717, 1.165) is 5.56 Å². The summed E-state index contributed by atoms with van der Waals surface area (Å²) in [6, 6.07) is 18.6. The van der Waals surface area contributed by atoms with Gasteiger partial charge in [-0.1, -0.05) is 81.4 Å². The fraction of sp³-hybridized carbons (Fsp3) is 0.440. The Labute approximate surface area is 174 Å². The lowest BCUT2D eigenvalue weighted by Gasteiger charge is -2.28. The van der Waals surface area contributed by atoms with Crippen LogP contribution >= 0.6 is 0 Å². The number of carbonyl (C=O) groups excluding carboxylic acids is 2. The molecule has 0 fully saturated rings. The molecule has 0 amide bonds. The van der Waals surface area contributed by atoms with Gasteiger partial charge in [-0.15, -0.1) is 0 Å². The van der Waals surface area contributed by atoms with Crippen LogP contribution in [-0.2, 0) is 14.3 Å². The van der Waals surface area contributed by atoms with E-state index in [2.05, 4.69) is 20.8 Å². The van der Waals surface area contributed by atoms with E-state index in [9.17, 15) is 9.59 Å². The molecule has 0 radical (unpaired) electrons. The van der Waals surface area contributed by atoms with Crippen molar-refractivity contribution < 1.29 is 19.1 Å². The summed E-state index contributed by atoms with van der Waals surface area (Å²) in [6.45, 7) is 10.2. The Hall–Kier alpha value is -2.46. The summed E-state index contributed by atoms with van der Waals surface area (Å²) in [5.41, 5.74) is 1.34. The molecule has 0 bridgehead atoms. The highest BCUT2D eigenvalue weighted by atomic mass is 16.6. The van der Waals surface area contributed by atoms with Gasteiger partial charge in [0.05, 0.1) is 5.92 Å². The maximum atomic E-state index is 13.3. The van der Waals surface area contributed by atoms with E-state index in [0.29, 0.717) is 18.6 Å². The Morgan fingerprint density at radius 1 is 0.931 bits per heavy atom. The molecule has 2 aromatic carbocycles. The summed E-state index contributed by atoms with van der Waals surface area (Å²) >= 11 is 0. The van der Waals surface area contributed by atoms with Gasteiger partial charge in [0.1, 0.15) is 6.10 Å². The first-order valence-electron chi connectivity index (χ1n) is 10.2. The SMILES string of the molecule is CCOC(CC(C)(C)C)C(=O)OC(C)C(C(=O)c1ccccc1)c1ccccc1. The molecule has 2 rings (SSSR count). The number of benzene rings is 2. The Balaban J connectivity index is 2.26. The van der Waals surface area contributed by atoms with Gasteiger partial charge in [0.2, 0.25) is 0 Å². The zero-order valence-corrected chi connectivity index (χ0v) is 18.1. The summed E-state index contributed by atoms with van der Waals surface area (Å²) in [7, 11) is 0. The largest absolute Gasteiger partial charge is 0.460 e. The van der Waals surface area contributed by atoms with Crippen LogP contribution in [0.2, 0.25) is 0 Å². The van der Waals surface area contributed by atoms with Crippen LogP contribution < -0.4 is 0 Å². The third-order valence-electron chi connectivity index (χ3n) is 4.70. The minimum absolute atomic E-state index is 0.0686. The zero-order chi connectivity index (χ0) is 21.4. The van der Waals surface area contributed by atoms with Crippen molar-refractivity contribution in [2.75, 3.05) is 6.61 Å². The number of hydrogen-bond donors (Lipinski definition) is 0. The molecule has 0 aliphatic carbocycles. The van der Waals surface area contributed by atoms with Crippen LogP contribution in [0.5, 0.6) is 0 Å². The highest BCUT2D eigenvalue weighted by molar-refractivity contribution is 6.01. The molecule has 29 heavy (non-hydrogen) atoms. The molecule has 0 spiro atoms. The lowest BCUT2D eigenvalue weighted by atomic mass is 9.86. The van der Waals surface area contributed by atoms with Crippen molar-refractivity contribution >= 4 is 11.8 Å². The molecule has 3 atom stereocenters. The molecule has 0 aromatic heterocycles. The molecule has 2 aromatic rings. The number of esters is 1. The lowest BCUT2D eigenvalue weighted by Crippen LogP contribution is -2.36. The van der Waals surface area contributed by atoms with Crippen LogP contribution in [-0.4, -0.2) is 30.6 Å². The van der Waals surface area contributed by atoms with Crippen LogP contribution in [0.4, 0.5) is 0 Å². The molecule has 0 N–H and O–H groups in total. The van der Waals surface area contributed by atoms with E-state index in [4.69, 9.17) is 9.47 Å². The number of hydrogen-bond acceptors (Lipinski definition) is 4. The van der Waals surface area contributed by atoms with Gasteiger partial charge in [0.15, 0.2) is 11.9 Å². The maximum absolute atomic E-state index is 13.3. The topological polar surface area (TPSA) is 52.6 Å². The van der Waals surface area contributed by atoms with Crippen LogP contribution in [0.15, 0.2) is 60.7 Å². The quantitative estimate of drug-likeness (QED) is 0.419. The molecule has 4 heteroatoms. The Bertz CT molecular complexity index is 777. The van der Waals surface area contributed by atoms with E-state index >= 15 is 0 Å². The van der Waals surface area contributed by atoms with Gasteiger partial charge >= 0.3 is 5.97 Å². The summed E-state index contributed by atoms with van der Waals surface area (Å²) < 4.78 is 11.4. The highest BCUT2D eigenvalue weighted by Crippen LogP contribution is 2.28. The van der Waals surface area contributed by atoms with Crippen molar-refractivity contribution in [3.05, 3.63) is 71.8 Å². The normalized spacial score (nSPS) is 14.7. The summed E-state index contributed by atoms with van der Waals surface area (Å²) in [5, 5.41) is 0. The van der Waals surface area contributed by atoms with Crippen LogP contribution in [0, 0.1) is 5.41 Å². The van der Waals surface area contributed by atoms with Crippen molar-refractivity contribution in [3.63, 3.8) is 0 Å². The fourth-order valence-electron chi connectivity index (χ4n) is 3.37. The van der Waals surface area contributed by atoms with Crippen molar-refractivity contribution in [2.45, 2.75) is 59.2 Å². The smallest absolute Gasteiger partial charge is 0.335 e. The van der Waals surface area contributed by atoms with Gasteiger partial charge in [-0.3, -0.25) is 4.79 Å². The average Bonchev–Trinajstić information content (AvgIpc) is 2.68. The standard InChI is InChI=1S/C25H32O4/c1-6-28-21(17-25(3,4)5)24(27)29-18(2)22(19-13-9-7-10-14-19)23(26)20-15-11-8-12-16-20/h7-16,18,21-22H,6,17H2,1-5H3. The molecule has 4 nitrogen and oxygen atoms in total. The molecule has 3 unspecified atom stereocenters. The van der Waals surface area contributed by atoms with E-state index in [1.54, 1.807) is 19.1 Å². The molecule has 156 valence electrons. The van der Waals surface area contributed by atoms with Gasteiger partial charge < -0.3 is 9.47 Å². The first-order valence-corrected chi connectivity index (χ1v) is 10.2. The summed E-state index contributed by atoms with van der Waals surface area (Å²) in [4.78, 5) is 26.1. The number of ketones is 1. The number of Topliss-reactive ketones (excluding diaryl/α,β-unsaturated/α-hetero) is 1. The summed E-state index contributed by atoms with van der Waals surface area (Å²) in [6.07, 6.45) is -0.721. The minimum Gasteiger partial charge on any atom is -0.460 e. The second kappa shape index (κ2) is 10.4. The lowest BCUT2D eigenvalue weighted by molar-refractivity contribution is -0.164. The van der Waals surface area contributed by atoms with E-state index in [1.807, 2.05) is 55.5 Å². The van der Waals surface area contributed by atoms with Crippen molar-refractivity contribution in [1.82, 2.24) is 0 Å². The van der Waals surface area contributed by atoms with Crippen molar-refractivity contribution in [2.24, 2.45) is 5.41 Å². The first kappa shape index (κ1) is 22.8. The first-order chi connectivity index (χ1) is 13.7. The van der Waals surface area contributed by atoms with Gasteiger partial charge in [-0.05, 0) is 31.2 Å². The minimum atomic E-state index is -0.647. The number of carbonyl (C=O) groups is 2. The second-order valence-corrected chi connectivity index (χ2v) is 8.47. The number of rotatable bonds is 9. The molecule has 0 aliphatic heterocycles. The third kappa shape index (κ3) is 6.82. The van der Waals surface area contributed by atoms with Crippen molar-refractivity contribution in [3.8, 4) is 0 Å². The predicted octanol–water partition coefficient (Wildman–Crippen LogP) is 5.43. The van der Waals surface area contributed by atoms with Gasteiger partial charge in [-0.25, -0.2) is 4.79 Å². The fourth-order valence-corrected chi connectivity index (χ4v) is 3.37. The molecule has 0 aliphatic rings. The van der Waals surface area contributed by atoms with E-state index in [1.165, 1.54) is 0 Å². The van der Waals surface area contributed by atoms with Gasteiger partial charge in [-0.2, -0.15) is 0 Å². The van der Waals surface area contributed by atoms with E-state index < -0.39 is 24.1 Å². The average molecular weight is 397 g/mol. The zero-order valence-electron chi connectivity index (χ0n) is 18.1. The van der Waals surface area contributed by atoms with Gasteiger partial charge in [0, 0.05) is 12.2 Å². The molecular formula is C25H32O4. The Morgan fingerprint density at radius 2 is 1.48 bits per heavy atom. The van der Waals surface area contributed by atoms with Crippen LogP contribution in [0.3, 0.4) is 0 Å². The van der Waals surface area contributed by atoms with Crippen LogP contribution in [0.1, 0.15) is 62.9 Å². The Kier molecular flexibility index (Phi) is 8.15. The Morgan fingerprint density at radius 3 is 2.00 bits per heavy atom. The predicted molar refractivity (Wildman–Crippen MR) is 115 cm³/mol. The third-order valence-corrected chi connectivity index (χ3v) is 4.70. The monoisotopic (exact) mass is 396 g/mol. The number of ether oxygens (including phenoxy) is 2. The van der Waals surface area contributed by atoms with Gasteiger partial charge in [0.25, 0.3) is 0 Å².